The Morgan fingerprint density at radius 3 is 2.33 bits per heavy atom. The van der Waals surface area contributed by atoms with E-state index in [0.29, 0.717) is 18.0 Å². The van der Waals surface area contributed by atoms with E-state index in [4.69, 9.17) is 14.2 Å². The average Bonchev–Trinajstić information content (AvgIpc) is 3.11. The highest BCUT2D eigenvalue weighted by Gasteiger charge is 2.21. The SMILES string of the molecule is COc1cccc(OC)c1C(=O)OCC(=O)N(C)Cc1ccsc1. The number of carbonyl (C=O) groups is 2. The van der Waals surface area contributed by atoms with Gasteiger partial charge in [-0.1, -0.05) is 6.07 Å². The van der Waals surface area contributed by atoms with Crippen LogP contribution in [0.5, 0.6) is 11.5 Å². The summed E-state index contributed by atoms with van der Waals surface area (Å²) >= 11 is 1.57. The van der Waals surface area contributed by atoms with E-state index in [-0.39, 0.29) is 18.1 Å². The van der Waals surface area contributed by atoms with Crippen LogP contribution in [0.25, 0.3) is 0 Å². The summed E-state index contributed by atoms with van der Waals surface area (Å²) in [5.74, 6) is -0.290. The van der Waals surface area contributed by atoms with Crippen molar-refractivity contribution in [3.05, 3.63) is 46.2 Å². The van der Waals surface area contributed by atoms with Crippen LogP contribution >= 0.6 is 11.3 Å². The van der Waals surface area contributed by atoms with E-state index in [1.165, 1.54) is 19.1 Å². The lowest BCUT2D eigenvalue weighted by atomic mass is 10.2. The number of methoxy groups -OCH3 is 2. The third-order valence-electron chi connectivity index (χ3n) is 3.38. The van der Waals surface area contributed by atoms with Gasteiger partial charge in [0.1, 0.15) is 17.1 Å². The topological polar surface area (TPSA) is 65.1 Å². The first kappa shape index (κ1) is 17.8. The second-order valence-electron chi connectivity index (χ2n) is 5.00. The van der Waals surface area contributed by atoms with Crippen LogP contribution in [0, 0.1) is 0 Å². The number of esters is 1. The minimum atomic E-state index is -0.665. The van der Waals surface area contributed by atoms with Crippen LogP contribution in [-0.4, -0.2) is 44.7 Å². The minimum absolute atomic E-state index is 0.163. The Labute approximate surface area is 144 Å². The molecule has 1 aromatic heterocycles. The Morgan fingerprint density at radius 1 is 1.12 bits per heavy atom. The molecule has 0 radical (unpaired) electrons. The molecule has 1 aromatic carbocycles. The van der Waals surface area contributed by atoms with Crippen LogP contribution in [0.4, 0.5) is 0 Å². The highest BCUT2D eigenvalue weighted by molar-refractivity contribution is 7.07. The predicted octanol–water partition coefficient (Wildman–Crippen LogP) is 2.58. The molecule has 1 heterocycles. The zero-order valence-corrected chi connectivity index (χ0v) is 14.6. The average molecular weight is 349 g/mol. The Hall–Kier alpha value is -2.54. The van der Waals surface area contributed by atoms with Gasteiger partial charge in [0.05, 0.1) is 14.2 Å². The van der Waals surface area contributed by atoms with Gasteiger partial charge in [-0.3, -0.25) is 4.79 Å². The Balaban J connectivity index is 1.99. The molecule has 6 nitrogen and oxygen atoms in total. The summed E-state index contributed by atoms with van der Waals surface area (Å²) in [6.45, 7) is 0.124. The van der Waals surface area contributed by atoms with Crippen molar-refractivity contribution in [1.29, 1.82) is 0 Å². The molecule has 0 N–H and O–H groups in total. The van der Waals surface area contributed by atoms with E-state index in [1.54, 1.807) is 36.6 Å². The Kier molecular flexibility index (Phi) is 6.20. The van der Waals surface area contributed by atoms with Crippen molar-refractivity contribution in [1.82, 2.24) is 4.90 Å². The second-order valence-corrected chi connectivity index (χ2v) is 5.78. The maximum atomic E-state index is 12.3. The summed E-state index contributed by atoms with van der Waals surface area (Å²) in [7, 11) is 4.56. The normalized spacial score (nSPS) is 10.1. The molecular formula is C17H19NO5S. The molecule has 0 bridgehead atoms. The monoisotopic (exact) mass is 349 g/mol. The molecule has 1 amide bonds. The number of likely N-dealkylation sites (N-methyl/N-ethyl adjacent to an activating group) is 1. The van der Waals surface area contributed by atoms with Crippen LogP contribution < -0.4 is 9.47 Å². The second kappa shape index (κ2) is 8.35. The van der Waals surface area contributed by atoms with Gasteiger partial charge < -0.3 is 19.1 Å². The van der Waals surface area contributed by atoms with Crippen molar-refractivity contribution in [2.45, 2.75) is 6.54 Å². The van der Waals surface area contributed by atoms with Crippen LogP contribution in [-0.2, 0) is 16.1 Å². The molecule has 0 aliphatic carbocycles. The predicted molar refractivity (Wildman–Crippen MR) is 90.6 cm³/mol. The first-order valence-electron chi connectivity index (χ1n) is 7.20. The Bertz CT molecular complexity index is 677. The molecule has 2 rings (SSSR count). The smallest absolute Gasteiger partial charge is 0.346 e. The van der Waals surface area contributed by atoms with Crippen LogP contribution in [0.3, 0.4) is 0 Å². The zero-order valence-electron chi connectivity index (χ0n) is 13.8. The van der Waals surface area contributed by atoms with E-state index in [2.05, 4.69) is 0 Å². The maximum Gasteiger partial charge on any atom is 0.346 e. The summed E-state index contributed by atoms with van der Waals surface area (Å²) < 4.78 is 15.4. The van der Waals surface area contributed by atoms with E-state index in [9.17, 15) is 9.59 Å². The molecule has 24 heavy (non-hydrogen) atoms. The number of amides is 1. The van der Waals surface area contributed by atoms with Gasteiger partial charge in [-0.25, -0.2) is 4.79 Å². The first-order valence-corrected chi connectivity index (χ1v) is 8.14. The lowest BCUT2D eigenvalue weighted by molar-refractivity contribution is -0.133. The van der Waals surface area contributed by atoms with Gasteiger partial charge in [-0.2, -0.15) is 11.3 Å². The minimum Gasteiger partial charge on any atom is -0.496 e. The molecule has 0 aliphatic rings. The van der Waals surface area contributed by atoms with Gasteiger partial charge in [0.2, 0.25) is 0 Å². The summed E-state index contributed by atoms with van der Waals surface area (Å²) in [5, 5.41) is 3.91. The third-order valence-corrected chi connectivity index (χ3v) is 4.12. The molecule has 0 atom stereocenters. The molecule has 0 fully saturated rings. The van der Waals surface area contributed by atoms with Crippen molar-refractivity contribution < 1.29 is 23.8 Å². The van der Waals surface area contributed by atoms with Gasteiger partial charge in [0, 0.05) is 13.6 Å². The number of ether oxygens (including phenoxy) is 3. The quantitative estimate of drug-likeness (QED) is 0.719. The standard InChI is InChI=1S/C17H19NO5S/c1-18(9-12-7-8-24-11-12)15(19)10-23-17(20)16-13(21-2)5-4-6-14(16)22-3/h4-8,11H,9-10H2,1-3H3. The summed E-state index contributed by atoms with van der Waals surface area (Å²) in [5.41, 5.74) is 1.20. The van der Waals surface area contributed by atoms with Crippen molar-refractivity contribution in [3.8, 4) is 11.5 Å². The number of benzene rings is 1. The lowest BCUT2D eigenvalue weighted by Crippen LogP contribution is -2.30. The number of rotatable bonds is 7. The fourth-order valence-corrected chi connectivity index (χ4v) is 2.77. The largest absolute Gasteiger partial charge is 0.496 e. The lowest BCUT2D eigenvalue weighted by Gasteiger charge is -2.17. The molecule has 0 aliphatic heterocycles. The summed E-state index contributed by atoms with van der Waals surface area (Å²) in [6.07, 6.45) is 0. The number of carbonyl (C=O) groups excluding carboxylic acids is 2. The molecule has 128 valence electrons. The highest BCUT2D eigenvalue weighted by Crippen LogP contribution is 2.28. The van der Waals surface area contributed by atoms with Crippen molar-refractivity contribution in [3.63, 3.8) is 0 Å². The van der Waals surface area contributed by atoms with Crippen molar-refractivity contribution >= 4 is 23.2 Å². The first-order chi connectivity index (χ1) is 11.6. The van der Waals surface area contributed by atoms with Crippen molar-refractivity contribution in [2.75, 3.05) is 27.9 Å². The zero-order chi connectivity index (χ0) is 17.5. The fourth-order valence-electron chi connectivity index (χ4n) is 2.11. The molecule has 7 heteroatoms. The van der Waals surface area contributed by atoms with E-state index >= 15 is 0 Å². The van der Waals surface area contributed by atoms with Crippen LogP contribution in [0.1, 0.15) is 15.9 Å². The third kappa shape index (κ3) is 4.26. The van der Waals surface area contributed by atoms with E-state index in [1.807, 2.05) is 16.8 Å². The van der Waals surface area contributed by atoms with E-state index in [0.717, 1.165) is 5.56 Å². The fraction of sp³-hybridized carbons (Fsp3) is 0.294. The molecule has 0 spiro atoms. The van der Waals surface area contributed by atoms with E-state index < -0.39 is 5.97 Å². The molecule has 0 saturated heterocycles. The number of hydrogen-bond acceptors (Lipinski definition) is 6. The highest BCUT2D eigenvalue weighted by atomic mass is 32.1. The van der Waals surface area contributed by atoms with Crippen LogP contribution in [0.15, 0.2) is 35.0 Å². The van der Waals surface area contributed by atoms with Gasteiger partial charge >= 0.3 is 5.97 Å². The van der Waals surface area contributed by atoms with Gasteiger partial charge in [-0.05, 0) is 34.5 Å². The molecule has 0 unspecified atom stereocenters. The molecule has 0 saturated carbocycles. The van der Waals surface area contributed by atoms with Gasteiger partial charge in [0.15, 0.2) is 6.61 Å². The number of thiophene rings is 1. The molecule has 2 aromatic rings. The van der Waals surface area contributed by atoms with Crippen molar-refractivity contribution in [2.24, 2.45) is 0 Å². The van der Waals surface area contributed by atoms with Crippen LogP contribution in [0.2, 0.25) is 0 Å². The number of hydrogen-bond donors (Lipinski definition) is 0. The summed E-state index contributed by atoms with van der Waals surface area (Å²) in [6, 6.07) is 6.90. The van der Waals surface area contributed by atoms with Gasteiger partial charge in [0.25, 0.3) is 5.91 Å². The number of nitrogens with zero attached hydrogens (tertiary/aromatic N) is 1. The summed E-state index contributed by atoms with van der Waals surface area (Å²) in [4.78, 5) is 25.9. The maximum absolute atomic E-state index is 12.3. The van der Waals surface area contributed by atoms with Gasteiger partial charge in [-0.15, -0.1) is 0 Å². The Morgan fingerprint density at radius 2 is 1.79 bits per heavy atom. The molecular weight excluding hydrogens is 330 g/mol.